The number of hydrogen-bond donors (Lipinski definition) is 1. The van der Waals surface area contributed by atoms with Gasteiger partial charge in [-0.1, -0.05) is 40.2 Å². The summed E-state index contributed by atoms with van der Waals surface area (Å²) in [7, 11) is 0. The molecule has 2 aliphatic heterocycles. The minimum atomic E-state index is -0.575. The molecular formula is C21H20BrFN3O-. The van der Waals surface area contributed by atoms with Crippen molar-refractivity contribution in [1.82, 2.24) is 10.2 Å². The van der Waals surface area contributed by atoms with Crippen LogP contribution in [0.2, 0.25) is 0 Å². The summed E-state index contributed by atoms with van der Waals surface area (Å²) in [6.07, 6.45) is 9.81. The zero-order valence-electron chi connectivity index (χ0n) is 14.8. The fourth-order valence-corrected chi connectivity index (χ4v) is 3.80. The zero-order chi connectivity index (χ0) is 18.8. The van der Waals surface area contributed by atoms with Gasteiger partial charge in [-0.25, -0.2) is 4.39 Å². The first-order valence-electron chi connectivity index (χ1n) is 9.08. The number of nitrogens with zero attached hydrogens (tertiary/aromatic N) is 2. The number of dihydropyridines is 1. The molecule has 1 atom stereocenters. The Bertz CT molecular complexity index is 877. The highest BCUT2D eigenvalue weighted by Crippen LogP contribution is 2.29. The van der Waals surface area contributed by atoms with Crippen LogP contribution in [0.25, 0.3) is 0 Å². The lowest BCUT2D eigenvalue weighted by Gasteiger charge is -2.27. The topological polar surface area (TPSA) is 50.7 Å². The van der Waals surface area contributed by atoms with Gasteiger partial charge in [0.15, 0.2) is 5.83 Å². The highest BCUT2D eigenvalue weighted by Gasteiger charge is 2.26. The van der Waals surface area contributed by atoms with Gasteiger partial charge in [0.2, 0.25) is 0 Å². The molecule has 1 unspecified atom stereocenters. The first kappa shape index (κ1) is 18.2. The summed E-state index contributed by atoms with van der Waals surface area (Å²) in [5, 5.41) is 15.4. The van der Waals surface area contributed by atoms with E-state index >= 15 is 0 Å². The molecule has 0 saturated carbocycles. The maximum absolute atomic E-state index is 14.9. The number of benzene rings is 1. The molecule has 27 heavy (non-hydrogen) atoms. The fraction of sp³-hybridized carbons (Fsp3) is 0.286. The van der Waals surface area contributed by atoms with Gasteiger partial charge in [-0.2, -0.15) is 0 Å². The number of allylic oxidation sites excluding steroid dienone is 1. The third kappa shape index (κ3) is 4.06. The first-order chi connectivity index (χ1) is 13.1. The average Bonchev–Trinajstić information content (AvgIpc) is 3.17. The normalized spacial score (nSPS) is 23.0. The van der Waals surface area contributed by atoms with E-state index in [9.17, 15) is 9.50 Å². The Morgan fingerprint density at radius 3 is 2.70 bits per heavy atom. The van der Waals surface area contributed by atoms with Gasteiger partial charge in [0, 0.05) is 17.2 Å². The van der Waals surface area contributed by atoms with E-state index in [1.54, 1.807) is 30.3 Å². The fourth-order valence-electron chi connectivity index (χ4n) is 3.54. The van der Waals surface area contributed by atoms with Gasteiger partial charge < -0.3 is 10.4 Å². The number of fused-ring (bicyclic) bond motifs is 1. The van der Waals surface area contributed by atoms with Crippen LogP contribution in [0.15, 0.2) is 80.8 Å². The quantitative estimate of drug-likeness (QED) is 0.591. The number of rotatable bonds is 4. The number of nitrogens with one attached hydrogen (secondary N) is 1. The van der Waals surface area contributed by atoms with E-state index in [0.29, 0.717) is 5.56 Å². The van der Waals surface area contributed by atoms with Crippen molar-refractivity contribution >= 4 is 21.8 Å². The third-order valence-electron chi connectivity index (χ3n) is 4.97. The van der Waals surface area contributed by atoms with Crippen molar-refractivity contribution in [3.8, 4) is 0 Å². The molecule has 1 aromatic carbocycles. The molecule has 1 fully saturated rings. The number of halogens is 2. The van der Waals surface area contributed by atoms with E-state index in [4.69, 9.17) is 0 Å². The summed E-state index contributed by atoms with van der Waals surface area (Å²) in [6.45, 7) is 3.12. The predicted molar refractivity (Wildman–Crippen MR) is 107 cm³/mol. The van der Waals surface area contributed by atoms with Crippen LogP contribution in [0, 0.1) is 0 Å². The second-order valence-corrected chi connectivity index (χ2v) is 7.85. The Labute approximate surface area is 166 Å². The smallest absolute Gasteiger partial charge is 0.152 e. The lowest BCUT2D eigenvalue weighted by molar-refractivity contribution is -0.212. The summed E-state index contributed by atoms with van der Waals surface area (Å²) in [4.78, 5) is 6.38. The molecule has 0 aromatic heterocycles. The summed E-state index contributed by atoms with van der Waals surface area (Å²) >= 11 is 3.33. The second kappa shape index (κ2) is 7.82. The molecule has 2 heterocycles. The van der Waals surface area contributed by atoms with E-state index in [-0.39, 0.29) is 5.70 Å². The van der Waals surface area contributed by atoms with Crippen molar-refractivity contribution in [2.45, 2.75) is 18.9 Å². The molecule has 1 saturated heterocycles. The van der Waals surface area contributed by atoms with E-state index in [2.05, 4.69) is 31.1 Å². The second-order valence-electron chi connectivity index (χ2n) is 6.94. The van der Waals surface area contributed by atoms with E-state index in [1.807, 2.05) is 18.4 Å². The van der Waals surface area contributed by atoms with Crippen molar-refractivity contribution in [2.24, 2.45) is 4.99 Å². The minimum absolute atomic E-state index is 0.0777. The Balaban J connectivity index is 1.51. The maximum atomic E-state index is 14.9. The Morgan fingerprint density at radius 1 is 1.22 bits per heavy atom. The number of aliphatic imine (C=N–C) groups is 1. The van der Waals surface area contributed by atoms with Crippen LogP contribution in [0.5, 0.6) is 0 Å². The molecule has 0 spiro atoms. The van der Waals surface area contributed by atoms with E-state index in [0.717, 1.165) is 35.3 Å². The van der Waals surface area contributed by atoms with E-state index < -0.39 is 17.8 Å². The third-order valence-corrected chi connectivity index (χ3v) is 5.50. The Hall–Kier alpha value is -2.18. The molecule has 4 nitrogen and oxygen atoms in total. The molecule has 140 valence electrons. The lowest BCUT2D eigenvalue weighted by atomic mass is 9.94. The first-order valence-corrected chi connectivity index (χ1v) is 9.88. The highest BCUT2D eigenvalue weighted by atomic mass is 79.9. The summed E-state index contributed by atoms with van der Waals surface area (Å²) in [5.74, 6) is -0.878. The molecule has 0 radical (unpaired) electrons. The lowest BCUT2D eigenvalue weighted by Crippen LogP contribution is -2.34. The maximum Gasteiger partial charge on any atom is 0.152 e. The Kier molecular flexibility index (Phi) is 5.27. The van der Waals surface area contributed by atoms with Crippen molar-refractivity contribution in [3.05, 3.63) is 81.4 Å². The van der Waals surface area contributed by atoms with Gasteiger partial charge in [-0.15, -0.1) is 0 Å². The molecule has 4 rings (SSSR count). The zero-order valence-corrected chi connectivity index (χ0v) is 16.4. The molecule has 0 amide bonds. The van der Waals surface area contributed by atoms with Gasteiger partial charge in [-0.05, 0) is 66.7 Å². The molecular weight excluding hydrogens is 409 g/mol. The molecule has 1 aliphatic carbocycles. The minimum Gasteiger partial charge on any atom is -0.858 e. The van der Waals surface area contributed by atoms with Crippen LogP contribution < -0.4 is 10.4 Å². The van der Waals surface area contributed by atoms with Gasteiger partial charge in [-0.3, -0.25) is 9.89 Å². The highest BCUT2D eigenvalue weighted by molar-refractivity contribution is 9.10. The predicted octanol–water partition coefficient (Wildman–Crippen LogP) is 3.18. The van der Waals surface area contributed by atoms with Crippen molar-refractivity contribution in [1.29, 1.82) is 0 Å². The van der Waals surface area contributed by atoms with Crippen LogP contribution in [-0.4, -0.2) is 36.5 Å². The number of likely N-dealkylation sites (tertiary alicyclic amines) is 1. The summed E-state index contributed by atoms with van der Waals surface area (Å²) in [5.41, 5.74) is 2.51. The molecule has 6 heteroatoms. The largest absolute Gasteiger partial charge is 0.858 e. The molecule has 1 aromatic rings. The van der Waals surface area contributed by atoms with Crippen molar-refractivity contribution in [2.75, 3.05) is 19.6 Å². The van der Waals surface area contributed by atoms with E-state index in [1.165, 1.54) is 12.8 Å². The Morgan fingerprint density at radius 2 is 1.96 bits per heavy atom. The number of hydrogen-bond acceptors (Lipinski definition) is 4. The van der Waals surface area contributed by atoms with Gasteiger partial charge in [0.25, 0.3) is 0 Å². The van der Waals surface area contributed by atoms with Crippen LogP contribution in [0.3, 0.4) is 0 Å². The van der Waals surface area contributed by atoms with Crippen molar-refractivity contribution < 1.29 is 9.50 Å². The van der Waals surface area contributed by atoms with Crippen LogP contribution in [0.4, 0.5) is 4.39 Å². The van der Waals surface area contributed by atoms with Gasteiger partial charge >= 0.3 is 0 Å². The molecule has 0 bridgehead atoms. The average molecular weight is 429 g/mol. The van der Waals surface area contributed by atoms with Gasteiger partial charge in [0.05, 0.1) is 5.70 Å². The molecule has 3 aliphatic rings. The monoisotopic (exact) mass is 428 g/mol. The van der Waals surface area contributed by atoms with Crippen LogP contribution >= 0.6 is 15.9 Å². The van der Waals surface area contributed by atoms with Crippen LogP contribution in [-0.2, 0) is 0 Å². The summed E-state index contributed by atoms with van der Waals surface area (Å²) < 4.78 is 15.8. The summed E-state index contributed by atoms with van der Waals surface area (Å²) in [6, 6.07) is 6.28. The molecule has 1 N–H and O–H groups in total. The standard InChI is InChI=1S/C21H21BrFN3O/c22-17-6-3-15(4-7-17)21(27)25-18-8-5-16-11-14(12-24-20(16)19(18)23)13-26-9-1-2-10-26/h3-8,11-12,20,24H,1-2,9-10,13H2,(H,25,27)/p-1. The van der Waals surface area contributed by atoms with Crippen molar-refractivity contribution in [3.63, 3.8) is 0 Å². The SMILES string of the molecule is [O-]C(=NC1=C(F)C2NC=C(CN3CCCC3)C=C2C=C1)c1ccc(Br)cc1. The van der Waals surface area contributed by atoms with Crippen LogP contribution in [0.1, 0.15) is 18.4 Å². The van der Waals surface area contributed by atoms with Gasteiger partial charge in [0.1, 0.15) is 6.04 Å².